The molecule has 4 rings (SSSR count). The number of nitrogen functional groups attached to an aromatic ring is 1. The van der Waals surface area contributed by atoms with Gasteiger partial charge in [0.15, 0.2) is 17.4 Å². The fourth-order valence-electron chi connectivity index (χ4n) is 3.97. The summed E-state index contributed by atoms with van der Waals surface area (Å²) in [5.74, 6) is -0.210. The molecule has 14 nitrogen and oxygen atoms in total. The van der Waals surface area contributed by atoms with Gasteiger partial charge in [-0.15, -0.1) is 0 Å². The average molecular weight is 515 g/mol. The lowest BCUT2D eigenvalue weighted by Crippen LogP contribution is -2.47. The molecule has 2 fully saturated rings. The first-order chi connectivity index (χ1) is 16.5. The molecule has 2 aliphatic heterocycles. The van der Waals surface area contributed by atoms with Crippen LogP contribution in [-0.2, 0) is 32.4 Å². The third-order valence-electron chi connectivity index (χ3n) is 5.44. The summed E-state index contributed by atoms with van der Waals surface area (Å²) in [6.45, 7) is 6.93. The van der Waals surface area contributed by atoms with Gasteiger partial charge in [0.2, 0.25) is 11.8 Å². The summed E-state index contributed by atoms with van der Waals surface area (Å²) in [4.78, 5) is 24.2. The zero-order chi connectivity index (χ0) is 25.4. The third-order valence-corrected chi connectivity index (χ3v) is 6.89. The predicted molar refractivity (Wildman–Crippen MR) is 120 cm³/mol. The van der Waals surface area contributed by atoms with Crippen molar-refractivity contribution in [3.63, 3.8) is 0 Å². The molecule has 0 saturated carbocycles. The maximum Gasteiger partial charge on any atom is 0.475 e. The number of esters is 1. The van der Waals surface area contributed by atoms with Crippen LogP contribution in [0.2, 0.25) is 0 Å². The minimum atomic E-state index is -4.01. The summed E-state index contributed by atoms with van der Waals surface area (Å²) in [7, 11) is -4.01. The topological polar surface area (TPSA) is 179 Å². The summed E-state index contributed by atoms with van der Waals surface area (Å²) < 4.78 is 47.4. The Morgan fingerprint density at radius 3 is 2.91 bits per heavy atom. The second-order valence-electron chi connectivity index (χ2n) is 8.64. The zero-order valence-corrected chi connectivity index (χ0v) is 20.8. The van der Waals surface area contributed by atoms with Gasteiger partial charge < -0.3 is 25.1 Å². The molecule has 3 N–H and O–H groups in total. The lowest BCUT2D eigenvalue weighted by Gasteiger charge is -2.35. The normalized spacial score (nSPS) is 30.5. The van der Waals surface area contributed by atoms with E-state index in [1.54, 1.807) is 20.8 Å². The van der Waals surface area contributed by atoms with Gasteiger partial charge in [-0.05, 0) is 34.1 Å². The quantitative estimate of drug-likeness (QED) is 0.280. The fourth-order valence-corrected chi connectivity index (χ4v) is 5.48. The number of phosphoric acid groups is 1. The van der Waals surface area contributed by atoms with Crippen molar-refractivity contribution in [2.24, 2.45) is 0 Å². The van der Waals surface area contributed by atoms with Crippen LogP contribution in [0, 0.1) is 0 Å². The van der Waals surface area contributed by atoms with Gasteiger partial charge in [-0.2, -0.15) is 9.97 Å². The molecule has 0 aliphatic carbocycles. The lowest BCUT2D eigenvalue weighted by atomic mass is 9.96. The van der Waals surface area contributed by atoms with Crippen LogP contribution in [0.1, 0.15) is 46.8 Å². The molecular formula is C20H30N5O9P. The van der Waals surface area contributed by atoms with Crippen LogP contribution in [0.5, 0.6) is 5.88 Å². The number of phosphoric ester groups is 1. The van der Waals surface area contributed by atoms with Crippen LogP contribution in [0.25, 0.3) is 11.2 Å². The van der Waals surface area contributed by atoms with Crippen molar-refractivity contribution >= 4 is 30.9 Å². The molecule has 194 valence electrons. The van der Waals surface area contributed by atoms with E-state index < -0.39 is 31.9 Å². The Kier molecular flexibility index (Phi) is 7.32. The fraction of sp³-hybridized carbons (Fsp3) is 0.700. The van der Waals surface area contributed by atoms with Crippen molar-refractivity contribution in [3.8, 4) is 5.88 Å². The molecule has 4 heterocycles. The molecular weight excluding hydrogens is 485 g/mol. The Labute approximate surface area is 201 Å². The van der Waals surface area contributed by atoms with Crippen molar-refractivity contribution in [1.82, 2.24) is 19.5 Å². The molecule has 0 unspecified atom stereocenters. The van der Waals surface area contributed by atoms with Crippen molar-refractivity contribution in [2.45, 2.75) is 70.7 Å². The number of rotatable bonds is 9. The minimum Gasteiger partial charge on any atom is -0.476 e. The molecule has 35 heavy (non-hydrogen) atoms. The Hall–Kier alpha value is -2.35. The largest absolute Gasteiger partial charge is 0.476 e. The molecule has 2 aromatic rings. The zero-order valence-electron chi connectivity index (χ0n) is 19.9. The Balaban J connectivity index is 1.47. The summed E-state index contributed by atoms with van der Waals surface area (Å²) in [5, 5.41) is 11.4. The van der Waals surface area contributed by atoms with Crippen molar-refractivity contribution in [2.75, 3.05) is 25.6 Å². The van der Waals surface area contributed by atoms with E-state index in [4.69, 9.17) is 33.5 Å². The standard InChI is InChI=1S/C20H30N5O9P/c1-5-29-17-14-16(23-19(21)24-17)25(10-22-14)18-20(4,27)15-12(33-18)9-31-35(28,34-15)30-8-6-7-13(26)32-11(2)3/h10-12,15,18,27H,5-9H2,1-4H3,(H2,21,23,24)/t12-,15-,18-,20-,35-/m1/s1. The molecule has 15 heteroatoms. The van der Waals surface area contributed by atoms with E-state index in [0.29, 0.717) is 17.8 Å². The number of carbonyl (C=O) groups is 1. The van der Waals surface area contributed by atoms with Gasteiger partial charge in [-0.1, -0.05) is 0 Å². The van der Waals surface area contributed by atoms with Crippen LogP contribution in [-0.4, -0.2) is 74.3 Å². The molecule has 5 atom stereocenters. The van der Waals surface area contributed by atoms with Gasteiger partial charge in [0, 0.05) is 6.42 Å². The number of nitrogens with two attached hydrogens (primary N) is 1. The number of hydrogen-bond donors (Lipinski definition) is 2. The van der Waals surface area contributed by atoms with Crippen molar-refractivity contribution < 1.29 is 42.2 Å². The highest BCUT2D eigenvalue weighted by Crippen LogP contribution is 2.58. The highest BCUT2D eigenvalue weighted by atomic mass is 31.2. The summed E-state index contributed by atoms with van der Waals surface area (Å²) in [6.07, 6.45) is -1.25. The van der Waals surface area contributed by atoms with Gasteiger partial charge in [-0.25, -0.2) is 9.55 Å². The van der Waals surface area contributed by atoms with E-state index in [0.717, 1.165) is 0 Å². The molecule has 0 radical (unpaired) electrons. The Bertz CT molecular complexity index is 1120. The number of hydrogen-bond acceptors (Lipinski definition) is 13. The number of carbonyl (C=O) groups excluding carboxylic acids is 1. The monoisotopic (exact) mass is 515 g/mol. The van der Waals surface area contributed by atoms with E-state index in [2.05, 4.69) is 15.0 Å². The van der Waals surface area contributed by atoms with E-state index in [1.165, 1.54) is 17.8 Å². The highest BCUT2D eigenvalue weighted by molar-refractivity contribution is 7.48. The van der Waals surface area contributed by atoms with Crippen LogP contribution in [0.3, 0.4) is 0 Å². The smallest absolute Gasteiger partial charge is 0.475 e. The number of aliphatic hydroxyl groups is 1. The molecule has 0 amide bonds. The molecule has 2 saturated heterocycles. The SMILES string of the molecule is CCOc1nc(N)nc2c1ncn2[C@@H]1O[C@@H]2CO[P@@](=O)(OCCCC(=O)OC(C)C)O[C@H]2[C@@]1(C)O. The second kappa shape index (κ2) is 9.96. The third kappa shape index (κ3) is 5.27. The number of aromatic nitrogens is 4. The summed E-state index contributed by atoms with van der Waals surface area (Å²) in [6, 6.07) is 0. The lowest BCUT2D eigenvalue weighted by molar-refractivity contribution is -0.147. The first-order valence-electron chi connectivity index (χ1n) is 11.3. The van der Waals surface area contributed by atoms with Gasteiger partial charge >= 0.3 is 13.8 Å². The van der Waals surface area contributed by atoms with Gasteiger partial charge in [0.05, 0.1) is 32.3 Å². The minimum absolute atomic E-state index is 0.0347. The first kappa shape index (κ1) is 25.7. The second-order valence-corrected chi connectivity index (χ2v) is 10.3. The molecule has 0 spiro atoms. The number of fused-ring (bicyclic) bond motifs is 2. The molecule has 2 aliphatic rings. The van der Waals surface area contributed by atoms with Crippen LogP contribution in [0.15, 0.2) is 6.33 Å². The highest BCUT2D eigenvalue weighted by Gasteiger charge is 2.60. The van der Waals surface area contributed by atoms with E-state index in [9.17, 15) is 14.5 Å². The number of imidazole rings is 1. The maximum atomic E-state index is 13.0. The summed E-state index contributed by atoms with van der Waals surface area (Å²) in [5.41, 5.74) is 4.79. The van der Waals surface area contributed by atoms with Crippen LogP contribution in [0.4, 0.5) is 5.95 Å². The van der Waals surface area contributed by atoms with Crippen molar-refractivity contribution in [3.05, 3.63) is 6.33 Å². The van der Waals surface area contributed by atoms with E-state index >= 15 is 0 Å². The van der Waals surface area contributed by atoms with Crippen LogP contribution < -0.4 is 10.5 Å². The number of ether oxygens (including phenoxy) is 3. The van der Waals surface area contributed by atoms with Crippen molar-refractivity contribution in [1.29, 1.82) is 0 Å². The molecule has 2 aromatic heterocycles. The number of nitrogens with zero attached hydrogens (tertiary/aromatic N) is 4. The Morgan fingerprint density at radius 1 is 1.43 bits per heavy atom. The van der Waals surface area contributed by atoms with Gasteiger partial charge in [0.1, 0.15) is 17.8 Å². The van der Waals surface area contributed by atoms with Gasteiger partial charge in [0.25, 0.3) is 0 Å². The first-order valence-corrected chi connectivity index (χ1v) is 12.8. The molecule has 0 aromatic carbocycles. The van der Waals surface area contributed by atoms with E-state index in [-0.39, 0.29) is 50.0 Å². The number of anilines is 1. The predicted octanol–water partition coefficient (Wildman–Crippen LogP) is 1.73. The maximum absolute atomic E-state index is 13.0. The summed E-state index contributed by atoms with van der Waals surface area (Å²) >= 11 is 0. The van der Waals surface area contributed by atoms with E-state index in [1.807, 2.05) is 0 Å². The average Bonchev–Trinajstić information content (AvgIpc) is 3.29. The molecule has 0 bridgehead atoms. The van der Waals surface area contributed by atoms with Gasteiger partial charge in [-0.3, -0.25) is 22.9 Å². The Morgan fingerprint density at radius 2 is 2.20 bits per heavy atom. The van der Waals surface area contributed by atoms with Crippen LogP contribution >= 0.6 is 7.82 Å².